The Labute approximate surface area is 126 Å². The molecule has 2 N–H and O–H groups in total. The molecule has 0 saturated heterocycles. The Morgan fingerprint density at radius 1 is 1.29 bits per heavy atom. The van der Waals surface area contributed by atoms with Crippen LogP contribution in [-0.2, 0) is 9.47 Å². The van der Waals surface area contributed by atoms with Crippen LogP contribution in [0, 0.1) is 5.92 Å². The molecular formula is C15H27N3O3. The minimum Gasteiger partial charge on any atom is -0.385 e. The maximum Gasteiger partial charge on any atom is 0.243 e. The Balaban J connectivity index is 1.96. The minimum atomic E-state index is -0.231. The highest BCUT2D eigenvalue weighted by molar-refractivity contribution is 4.97. The first-order chi connectivity index (χ1) is 10.3. The monoisotopic (exact) mass is 297 g/mol. The zero-order valence-electron chi connectivity index (χ0n) is 13.1. The van der Waals surface area contributed by atoms with Gasteiger partial charge in [0, 0.05) is 20.8 Å². The number of rotatable bonds is 8. The third kappa shape index (κ3) is 4.49. The van der Waals surface area contributed by atoms with Gasteiger partial charge in [-0.3, -0.25) is 0 Å². The first kappa shape index (κ1) is 16.4. The van der Waals surface area contributed by atoms with Gasteiger partial charge in [0.15, 0.2) is 0 Å². The Morgan fingerprint density at radius 3 is 2.71 bits per heavy atom. The summed E-state index contributed by atoms with van der Waals surface area (Å²) in [6.07, 6.45) is 7.74. The van der Waals surface area contributed by atoms with E-state index in [0.29, 0.717) is 24.2 Å². The van der Waals surface area contributed by atoms with E-state index < -0.39 is 0 Å². The van der Waals surface area contributed by atoms with E-state index in [1.807, 2.05) is 0 Å². The molecule has 0 spiro atoms. The van der Waals surface area contributed by atoms with E-state index in [0.717, 1.165) is 12.8 Å². The maximum absolute atomic E-state index is 6.08. The van der Waals surface area contributed by atoms with Crippen LogP contribution in [-0.4, -0.2) is 31.0 Å². The second-order valence-corrected chi connectivity index (χ2v) is 5.79. The van der Waals surface area contributed by atoms with E-state index in [1.165, 1.54) is 32.1 Å². The van der Waals surface area contributed by atoms with Crippen LogP contribution in [0.3, 0.4) is 0 Å². The summed E-state index contributed by atoms with van der Waals surface area (Å²) in [6, 6.07) is -0.231. The smallest absolute Gasteiger partial charge is 0.243 e. The molecule has 0 aromatic carbocycles. The lowest BCUT2D eigenvalue weighted by Crippen LogP contribution is -2.19. The summed E-state index contributed by atoms with van der Waals surface area (Å²) >= 11 is 0. The molecule has 2 atom stereocenters. The van der Waals surface area contributed by atoms with E-state index in [9.17, 15) is 0 Å². The normalized spacial score (nSPS) is 19.6. The Morgan fingerprint density at radius 2 is 2.05 bits per heavy atom. The number of hydrogen-bond donors (Lipinski definition) is 1. The van der Waals surface area contributed by atoms with Crippen LogP contribution in [0.5, 0.6) is 0 Å². The summed E-state index contributed by atoms with van der Waals surface area (Å²) in [6.45, 7) is 0.692. The highest BCUT2D eigenvalue weighted by Crippen LogP contribution is 2.35. The van der Waals surface area contributed by atoms with Crippen LogP contribution in [0.25, 0.3) is 0 Å². The molecule has 0 radical (unpaired) electrons. The van der Waals surface area contributed by atoms with E-state index in [-0.39, 0.29) is 12.1 Å². The van der Waals surface area contributed by atoms with Gasteiger partial charge >= 0.3 is 0 Å². The number of hydrogen-bond acceptors (Lipinski definition) is 6. The first-order valence-electron chi connectivity index (χ1n) is 7.87. The van der Waals surface area contributed by atoms with Crippen molar-refractivity contribution in [2.45, 2.75) is 57.1 Å². The molecule has 1 aromatic rings. The van der Waals surface area contributed by atoms with Crippen LogP contribution < -0.4 is 5.73 Å². The highest BCUT2D eigenvalue weighted by atomic mass is 16.5. The lowest BCUT2D eigenvalue weighted by molar-refractivity contribution is 0.0273. The van der Waals surface area contributed by atoms with Crippen molar-refractivity contribution in [3.8, 4) is 0 Å². The topological polar surface area (TPSA) is 83.4 Å². The lowest BCUT2D eigenvalue weighted by atomic mass is 9.85. The van der Waals surface area contributed by atoms with Crippen LogP contribution >= 0.6 is 0 Å². The molecule has 0 aliphatic heterocycles. The van der Waals surface area contributed by atoms with Crippen molar-refractivity contribution in [2.24, 2.45) is 11.7 Å². The van der Waals surface area contributed by atoms with Crippen LogP contribution in [0.15, 0.2) is 4.52 Å². The zero-order valence-corrected chi connectivity index (χ0v) is 13.1. The van der Waals surface area contributed by atoms with Crippen molar-refractivity contribution in [1.82, 2.24) is 10.1 Å². The Hall–Kier alpha value is -0.980. The predicted octanol–water partition coefficient (Wildman–Crippen LogP) is 2.76. The fraction of sp³-hybridized carbons (Fsp3) is 0.867. The second-order valence-electron chi connectivity index (χ2n) is 5.79. The summed E-state index contributed by atoms with van der Waals surface area (Å²) in [5.41, 5.74) is 6.08. The Bertz CT molecular complexity index is 405. The summed E-state index contributed by atoms with van der Waals surface area (Å²) < 4.78 is 16.0. The molecule has 1 fully saturated rings. The van der Waals surface area contributed by atoms with Crippen molar-refractivity contribution < 1.29 is 14.0 Å². The van der Waals surface area contributed by atoms with Gasteiger partial charge in [-0.05, 0) is 31.6 Å². The maximum atomic E-state index is 6.08. The third-order valence-corrected chi connectivity index (χ3v) is 4.22. The average molecular weight is 297 g/mol. The minimum absolute atomic E-state index is 0.0750. The fourth-order valence-corrected chi connectivity index (χ4v) is 3.03. The van der Waals surface area contributed by atoms with Crippen LogP contribution in [0.4, 0.5) is 0 Å². The van der Waals surface area contributed by atoms with E-state index in [4.69, 9.17) is 19.7 Å². The summed E-state index contributed by atoms with van der Waals surface area (Å²) in [5.74, 6) is 1.62. The van der Waals surface area contributed by atoms with E-state index in [1.54, 1.807) is 14.2 Å². The van der Waals surface area contributed by atoms with Gasteiger partial charge in [0.1, 0.15) is 6.10 Å². The molecule has 0 amide bonds. The van der Waals surface area contributed by atoms with Gasteiger partial charge in [0.05, 0.1) is 6.04 Å². The number of aromatic nitrogens is 2. The van der Waals surface area contributed by atoms with Crippen molar-refractivity contribution in [3.05, 3.63) is 11.7 Å². The molecule has 1 aliphatic carbocycles. The fourth-order valence-electron chi connectivity index (χ4n) is 3.03. The number of ether oxygens (including phenoxy) is 2. The second kappa shape index (κ2) is 8.46. The molecule has 1 saturated carbocycles. The molecule has 1 heterocycles. The first-order valence-corrected chi connectivity index (χ1v) is 7.87. The van der Waals surface area contributed by atoms with Crippen molar-refractivity contribution >= 4 is 0 Å². The van der Waals surface area contributed by atoms with Gasteiger partial charge in [0.2, 0.25) is 11.7 Å². The summed E-state index contributed by atoms with van der Waals surface area (Å²) in [5, 5.41) is 4.09. The quantitative estimate of drug-likeness (QED) is 0.743. The molecule has 6 heteroatoms. The van der Waals surface area contributed by atoms with Crippen molar-refractivity contribution in [3.63, 3.8) is 0 Å². The third-order valence-electron chi connectivity index (χ3n) is 4.22. The Kier molecular flexibility index (Phi) is 6.60. The van der Waals surface area contributed by atoms with Gasteiger partial charge in [-0.2, -0.15) is 4.98 Å². The van der Waals surface area contributed by atoms with Gasteiger partial charge in [-0.25, -0.2) is 0 Å². The number of nitrogens with zero attached hydrogens (tertiary/aromatic N) is 2. The largest absolute Gasteiger partial charge is 0.385 e. The average Bonchev–Trinajstić information content (AvgIpc) is 2.99. The van der Waals surface area contributed by atoms with E-state index >= 15 is 0 Å². The summed E-state index contributed by atoms with van der Waals surface area (Å²) in [7, 11) is 3.40. The molecule has 6 nitrogen and oxygen atoms in total. The number of nitrogens with two attached hydrogens (primary N) is 1. The van der Waals surface area contributed by atoms with Crippen LogP contribution in [0.1, 0.15) is 68.8 Å². The molecule has 0 bridgehead atoms. The van der Waals surface area contributed by atoms with Crippen molar-refractivity contribution in [1.29, 1.82) is 0 Å². The highest BCUT2D eigenvalue weighted by Gasteiger charge is 2.29. The zero-order chi connectivity index (χ0) is 15.1. The molecular weight excluding hydrogens is 270 g/mol. The van der Waals surface area contributed by atoms with Gasteiger partial charge in [0.25, 0.3) is 0 Å². The van der Waals surface area contributed by atoms with Crippen molar-refractivity contribution in [2.75, 3.05) is 20.8 Å². The molecule has 2 unspecified atom stereocenters. The standard InChI is InChI=1S/C15H27N3O3/c1-19-10-6-9-12(16)15-17-14(18-21-15)13(20-2)11-7-4-3-5-8-11/h11-13H,3-10,16H2,1-2H3. The molecule has 2 rings (SSSR count). The molecule has 1 aliphatic rings. The lowest BCUT2D eigenvalue weighted by Gasteiger charge is -2.26. The summed E-state index contributed by atoms with van der Waals surface area (Å²) in [4.78, 5) is 4.47. The van der Waals surface area contributed by atoms with Gasteiger partial charge < -0.3 is 19.7 Å². The van der Waals surface area contributed by atoms with Gasteiger partial charge in [-0.15, -0.1) is 0 Å². The number of methoxy groups -OCH3 is 2. The molecule has 1 aromatic heterocycles. The van der Waals surface area contributed by atoms with Gasteiger partial charge in [-0.1, -0.05) is 24.4 Å². The van der Waals surface area contributed by atoms with E-state index in [2.05, 4.69) is 10.1 Å². The molecule has 21 heavy (non-hydrogen) atoms. The SMILES string of the molecule is COCCCC(N)c1nc(C(OC)C2CCCCC2)no1. The molecule has 120 valence electrons. The predicted molar refractivity (Wildman–Crippen MR) is 78.7 cm³/mol. The van der Waals surface area contributed by atoms with Crippen LogP contribution in [0.2, 0.25) is 0 Å².